The summed E-state index contributed by atoms with van der Waals surface area (Å²) >= 11 is 9.58. The smallest absolute Gasteiger partial charge is 0.255 e. The van der Waals surface area contributed by atoms with Crippen molar-refractivity contribution < 1.29 is 4.79 Å². The number of halogens is 2. The molecule has 3 heterocycles. The average molecular weight is 437 g/mol. The number of rotatable bonds is 2. The molecule has 1 amide bonds. The molecule has 0 spiro atoms. The Kier molecular flexibility index (Phi) is 4.49. The maximum Gasteiger partial charge on any atom is 0.255 e. The number of hydrogen-bond acceptors (Lipinski definition) is 6. The molecule has 0 radical (unpaired) electrons. The Morgan fingerprint density at radius 1 is 1.19 bits per heavy atom. The van der Waals surface area contributed by atoms with E-state index in [1.54, 1.807) is 28.8 Å². The number of carbonyl (C=O) groups excluding carboxylic acids is 1. The van der Waals surface area contributed by atoms with Gasteiger partial charge in [0.15, 0.2) is 17.0 Å². The molecular weight excluding hydrogens is 422 g/mol. The van der Waals surface area contributed by atoms with E-state index in [-0.39, 0.29) is 5.91 Å². The maximum atomic E-state index is 12.8. The molecule has 1 aromatic carbocycles. The summed E-state index contributed by atoms with van der Waals surface area (Å²) in [5.74, 6) is 0.680. The van der Waals surface area contributed by atoms with Crippen LogP contribution in [-0.4, -0.2) is 61.9 Å². The van der Waals surface area contributed by atoms with Gasteiger partial charge in [0, 0.05) is 37.7 Å². The van der Waals surface area contributed by atoms with E-state index in [9.17, 15) is 4.79 Å². The largest absolute Gasteiger partial charge is 0.351 e. The van der Waals surface area contributed by atoms with Gasteiger partial charge in [-0.15, -0.1) is 5.10 Å². The summed E-state index contributed by atoms with van der Waals surface area (Å²) < 4.78 is 2.45. The predicted molar refractivity (Wildman–Crippen MR) is 101 cm³/mol. The topological polar surface area (TPSA) is 80.0 Å². The fraction of sp³-hybridized carbons (Fsp3) is 0.312. The van der Waals surface area contributed by atoms with E-state index >= 15 is 0 Å². The van der Waals surface area contributed by atoms with Crippen molar-refractivity contribution >= 4 is 50.4 Å². The Hall–Kier alpha value is -2.26. The minimum Gasteiger partial charge on any atom is -0.351 e. The minimum absolute atomic E-state index is 0.0664. The molecule has 4 rings (SSSR count). The lowest BCUT2D eigenvalue weighted by Crippen LogP contribution is -2.49. The molecule has 8 nitrogen and oxygen atoms in total. The van der Waals surface area contributed by atoms with E-state index in [4.69, 9.17) is 11.6 Å². The first-order valence-electron chi connectivity index (χ1n) is 8.04. The number of amides is 1. The lowest BCUT2D eigenvalue weighted by molar-refractivity contribution is 0.0746. The van der Waals surface area contributed by atoms with Crippen molar-refractivity contribution in [3.63, 3.8) is 0 Å². The summed E-state index contributed by atoms with van der Waals surface area (Å²) in [5, 5.41) is 8.62. The van der Waals surface area contributed by atoms with Gasteiger partial charge < -0.3 is 9.80 Å². The quantitative estimate of drug-likeness (QED) is 0.612. The van der Waals surface area contributed by atoms with Crippen molar-refractivity contribution in [1.29, 1.82) is 0 Å². The van der Waals surface area contributed by atoms with Crippen LogP contribution in [0.5, 0.6) is 0 Å². The molecule has 0 atom stereocenters. The van der Waals surface area contributed by atoms with E-state index in [1.807, 2.05) is 6.07 Å². The molecule has 10 heteroatoms. The third-order valence-corrected chi connectivity index (χ3v) is 5.22. The maximum absolute atomic E-state index is 12.8. The number of aromatic nitrogens is 5. The molecule has 1 saturated heterocycles. The van der Waals surface area contributed by atoms with Crippen molar-refractivity contribution in [1.82, 2.24) is 29.9 Å². The van der Waals surface area contributed by atoms with Crippen molar-refractivity contribution in [2.75, 3.05) is 31.1 Å². The molecule has 134 valence electrons. The molecule has 0 aliphatic carbocycles. The van der Waals surface area contributed by atoms with Crippen LogP contribution in [0.1, 0.15) is 10.4 Å². The zero-order valence-electron chi connectivity index (χ0n) is 13.9. The SMILES string of the molecule is Cn1nnc2c(N3CCN(C(=O)c4cc(Br)ccc4Cl)CC3)ncnc21. The number of piperazine rings is 1. The highest BCUT2D eigenvalue weighted by Gasteiger charge is 2.26. The molecule has 1 aliphatic rings. The molecular formula is C16H15BrClN7O. The van der Waals surface area contributed by atoms with Gasteiger partial charge in [0.2, 0.25) is 0 Å². The first-order chi connectivity index (χ1) is 12.5. The van der Waals surface area contributed by atoms with Gasteiger partial charge in [0.25, 0.3) is 5.91 Å². The van der Waals surface area contributed by atoms with E-state index in [2.05, 4.69) is 41.1 Å². The van der Waals surface area contributed by atoms with E-state index in [0.717, 1.165) is 10.3 Å². The van der Waals surface area contributed by atoms with Crippen LogP contribution in [-0.2, 0) is 7.05 Å². The highest BCUT2D eigenvalue weighted by Crippen LogP contribution is 2.25. The minimum atomic E-state index is -0.0664. The number of fused-ring (bicyclic) bond motifs is 1. The van der Waals surface area contributed by atoms with Crippen molar-refractivity contribution in [3.05, 3.63) is 39.6 Å². The van der Waals surface area contributed by atoms with Gasteiger partial charge in [-0.2, -0.15) is 0 Å². The van der Waals surface area contributed by atoms with Crippen LogP contribution in [0, 0.1) is 0 Å². The van der Waals surface area contributed by atoms with Crippen molar-refractivity contribution in [2.24, 2.45) is 7.05 Å². The molecule has 0 N–H and O–H groups in total. The van der Waals surface area contributed by atoms with Gasteiger partial charge in [0.05, 0.1) is 10.6 Å². The fourth-order valence-electron chi connectivity index (χ4n) is 3.03. The second-order valence-corrected chi connectivity index (χ2v) is 7.31. The van der Waals surface area contributed by atoms with Crippen LogP contribution in [0.25, 0.3) is 11.2 Å². The number of anilines is 1. The van der Waals surface area contributed by atoms with Crippen LogP contribution in [0.2, 0.25) is 5.02 Å². The molecule has 3 aromatic rings. The first-order valence-corrected chi connectivity index (χ1v) is 9.21. The molecule has 0 unspecified atom stereocenters. The summed E-state index contributed by atoms with van der Waals surface area (Å²) in [4.78, 5) is 25.3. The van der Waals surface area contributed by atoms with Crippen LogP contribution < -0.4 is 4.90 Å². The Morgan fingerprint density at radius 3 is 2.73 bits per heavy atom. The zero-order chi connectivity index (χ0) is 18.3. The molecule has 0 saturated carbocycles. The molecule has 26 heavy (non-hydrogen) atoms. The number of nitrogens with zero attached hydrogens (tertiary/aromatic N) is 7. The van der Waals surface area contributed by atoms with Gasteiger partial charge >= 0.3 is 0 Å². The molecule has 1 fully saturated rings. The Morgan fingerprint density at radius 2 is 1.96 bits per heavy atom. The van der Waals surface area contributed by atoms with E-state index in [1.165, 1.54) is 6.33 Å². The van der Waals surface area contributed by atoms with Crippen LogP contribution >= 0.6 is 27.5 Å². The Labute approximate surface area is 162 Å². The van der Waals surface area contributed by atoms with Crippen LogP contribution in [0.15, 0.2) is 29.0 Å². The van der Waals surface area contributed by atoms with Crippen molar-refractivity contribution in [2.45, 2.75) is 0 Å². The van der Waals surface area contributed by atoms with Gasteiger partial charge in [-0.05, 0) is 18.2 Å². The second kappa shape index (κ2) is 6.81. The van der Waals surface area contributed by atoms with Gasteiger partial charge in [-0.25, -0.2) is 14.6 Å². The second-order valence-electron chi connectivity index (χ2n) is 5.99. The lowest BCUT2D eigenvalue weighted by atomic mass is 10.2. The lowest BCUT2D eigenvalue weighted by Gasteiger charge is -2.35. The molecule has 1 aliphatic heterocycles. The van der Waals surface area contributed by atoms with Gasteiger partial charge in [-0.1, -0.05) is 32.7 Å². The highest BCUT2D eigenvalue weighted by atomic mass is 79.9. The highest BCUT2D eigenvalue weighted by molar-refractivity contribution is 9.10. The van der Waals surface area contributed by atoms with Crippen molar-refractivity contribution in [3.8, 4) is 0 Å². The number of aryl methyl sites for hydroxylation is 1. The summed E-state index contributed by atoms with van der Waals surface area (Å²) in [6.45, 7) is 2.46. The first kappa shape index (κ1) is 17.2. The van der Waals surface area contributed by atoms with Gasteiger partial charge in [0.1, 0.15) is 6.33 Å². The van der Waals surface area contributed by atoms with Crippen LogP contribution in [0.4, 0.5) is 5.82 Å². The summed E-state index contributed by atoms with van der Waals surface area (Å²) in [6, 6.07) is 5.30. The fourth-order valence-corrected chi connectivity index (χ4v) is 3.58. The third-order valence-electron chi connectivity index (χ3n) is 4.39. The number of carbonyl (C=O) groups is 1. The normalized spacial score (nSPS) is 14.9. The third kappa shape index (κ3) is 3.01. The molecule has 2 aromatic heterocycles. The Balaban J connectivity index is 1.52. The Bertz CT molecular complexity index is 984. The summed E-state index contributed by atoms with van der Waals surface area (Å²) in [5.41, 5.74) is 1.87. The number of hydrogen-bond donors (Lipinski definition) is 0. The van der Waals surface area contributed by atoms with Gasteiger partial charge in [-0.3, -0.25) is 4.79 Å². The van der Waals surface area contributed by atoms with E-state index in [0.29, 0.717) is 47.9 Å². The molecule has 0 bridgehead atoms. The predicted octanol–water partition coefficient (Wildman–Crippen LogP) is 2.14. The standard InChI is InChI=1S/C16H15BrClN7O/c1-23-14-13(21-22-23)15(20-9-19-14)24-4-6-25(7-5-24)16(26)11-8-10(17)2-3-12(11)18/h2-3,8-9H,4-7H2,1H3. The monoisotopic (exact) mass is 435 g/mol. The average Bonchev–Trinajstić information content (AvgIpc) is 3.04. The van der Waals surface area contributed by atoms with E-state index < -0.39 is 0 Å². The summed E-state index contributed by atoms with van der Waals surface area (Å²) in [6.07, 6.45) is 1.51. The number of benzene rings is 1. The van der Waals surface area contributed by atoms with Crippen LogP contribution in [0.3, 0.4) is 0 Å². The summed E-state index contributed by atoms with van der Waals surface area (Å²) in [7, 11) is 1.80. The zero-order valence-corrected chi connectivity index (χ0v) is 16.3.